The Hall–Kier alpha value is -0.120. The first-order chi connectivity index (χ1) is 7.92. The second kappa shape index (κ2) is 6.72. The van der Waals surface area contributed by atoms with Crippen molar-refractivity contribution in [1.82, 2.24) is 10.2 Å². The van der Waals surface area contributed by atoms with E-state index in [1.165, 1.54) is 25.7 Å². The first kappa shape index (κ1) is 14.9. The zero-order chi connectivity index (χ0) is 12.9. The molecule has 1 atom stereocenters. The highest BCUT2D eigenvalue weighted by Gasteiger charge is 2.29. The van der Waals surface area contributed by atoms with Gasteiger partial charge in [0.1, 0.15) is 0 Å². The molecule has 0 aromatic rings. The molecule has 0 aromatic heterocycles. The molecule has 1 fully saturated rings. The molecule has 0 aliphatic heterocycles. The Morgan fingerprint density at radius 1 is 1.35 bits per heavy atom. The van der Waals surface area contributed by atoms with E-state index in [1.807, 2.05) is 0 Å². The van der Waals surface area contributed by atoms with E-state index in [4.69, 9.17) is 0 Å². The SMILES string of the molecule is CCCCN(CC(O)CNC(C)(C)C)C1CC1. The van der Waals surface area contributed by atoms with Crippen molar-refractivity contribution in [2.45, 2.75) is 71.1 Å². The van der Waals surface area contributed by atoms with Crippen LogP contribution in [0.3, 0.4) is 0 Å². The normalized spacial score (nSPS) is 18.7. The molecule has 0 bridgehead atoms. The van der Waals surface area contributed by atoms with Gasteiger partial charge in [0.05, 0.1) is 6.10 Å². The summed E-state index contributed by atoms with van der Waals surface area (Å²) < 4.78 is 0. The summed E-state index contributed by atoms with van der Waals surface area (Å²) in [6, 6.07) is 0.755. The summed E-state index contributed by atoms with van der Waals surface area (Å²) in [6.45, 7) is 11.3. The molecule has 1 saturated carbocycles. The van der Waals surface area contributed by atoms with E-state index < -0.39 is 0 Å². The van der Waals surface area contributed by atoms with Crippen LogP contribution in [0.2, 0.25) is 0 Å². The van der Waals surface area contributed by atoms with E-state index in [0.717, 1.165) is 19.1 Å². The van der Waals surface area contributed by atoms with Crippen LogP contribution in [0, 0.1) is 0 Å². The maximum Gasteiger partial charge on any atom is 0.0791 e. The molecule has 1 aliphatic carbocycles. The molecule has 102 valence electrons. The highest BCUT2D eigenvalue weighted by Crippen LogP contribution is 2.27. The summed E-state index contributed by atoms with van der Waals surface area (Å²) in [5.74, 6) is 0. The molecule has 0 saturated heterocycles. The van der Waals surface area contributed by atoms with Gasteiger partial charge >= 0.3 is 0 Å². The third-order valence-electron chi connectivity index (χ3n) is 3.18. The summed E-state index contributed by atoms with van der Waals surface area (Å²) in [4.78, 5) is 2.47. The van der Waals surface area contributed by atoms with E-state index in [0.29, 0.717) is 6.54 Å². The summed E-state index contributed by atoms with van der Waals surface area (Å²) in [7, 11) is 0. The van der Waals surface area contributed by atoms with Gasteiger partial charge in [0.25, 0.3) is 0 Å². The van der Waals surface area contributed by atoms with Gasteiger partial charge < -0.3 is 10.4 Å². The minimum absolute atomic E-state index is 0.0921. The molecule has 0 spiro atoms. The molecular formula is C14H30N2O. The van der Waals surface area contributed by atoms with E-state index in [9.17, 15) is 5.11 Å². The molecule has 1 unspecified atom stereocenters. The minimum Gasteiger partial charge on any atom is -0.390 e. The van der Waals surface area contributed by atoms with Gasteiger partial charge in [-0.05, 0) is 46.6 Å². The molecule has 3 nitrogen and oxygen atoms in total. The average Bonchev–Trinajstić information content (AvgIpc) is 3.04. The van der Waals surface area contributed by atoms with Crippen LogP contribution in [0.15, 0.2) is 0 Å². The van der Waals surface area contributed by atoms with Crippen LogP contribution in [-0.4, -0.2) is 47.3 Å². The Kier molecular flexibility index (Phi) is 5.90. The fourth-order valence-corrected chi connectivity index (χ4v) is 1.98. The number of rotatable bonds is 8. The highest BCUT2D eigenvalue weighted by molar-refractivity contribution is 4.86. The van der Waals surface area contributed by atoms with Crippen molar-refractivity contribution < 1.29 is 5.11 Å². The van der Waals surface area contributed by atoms with Gasteiger partial charge in [-0.2, -0.15) is 0 Å². The van der Waals surface area contributed by atoms with Gasteiger partial charge in [-0.25, -0.2) is 0 Å². The number of nitrogens with zero attached hydrogens (tertiary/aromatic N) is 1. The molecule has 0 heterocycles. The van der Waals surface area contributed by atoms with Crippen molar-refractivity contribution in [1.29, 1.82) is 0 Å². The molecule has 17 heavy (non-hydrogen) atoms. The number of nitrogens with one attached hydrogen (secondary N) is 1. The lowest BCUT2D eigenvalue weighted by atomic mass is 10.1. The quantitative estimate of drug-likeness (QED) is 0.683. The van der Waals surface area contributed by atoms with E-state index in [1.54, 1.807) is 0 Å². The third kappa shape index (κ3) is 7.02. The van der Waals surface area contributed by atoms with Crippen LogP contribution in [-0.2, 0) is 0 Å². The van der Waals surface area contributed by atoms with Gasteiger partial charge in [0, 0.05) is 24.7 Å². The number of aliphatic hydroxyl groups is 1. The Morgan fingerprint density at radius 3 is 2.47 bits per heavy atom. The molecule has 0 amide bonds. The van der Waals surface area contributed by atoms with Crippen molar-refractivity contribution in [3.05, 3.63) is 0 Å². The lowest BCUT2D eigenvalue weighted by molar-refractivity contribution is 0.100. The highest BCUT2D eigenvalue weighted by atomic mass is 16.3. The van der Waals surface area contributed by atoms with Crippen LogP contribution in [0.4, 0.5) is 0 Å². The van der Waals surface area contributed by atoms with Crippen LogP contribution in [0.5, 0.6) is 0 Å². The van der Waals surface area contributed by atoms with Gasteiger partial charge in [0.2, 0.25) is 0 Å². The maximum absolute atomic E-state index is 10.1. The second-order valence-electron chi connectivity index (χ2n) is 6.36. The number of aliphatic hydroxyl groups excluding tert-OH is 1. The largest absolute Gasteiger partial charge is 0.390 e. The Labute approximate surface area is 107 Å². The average molecular weight is 242 g/mol. The Balaban J connectivity index is 2.23. The lowest BCUT2D eigenvalue weighted by Crippen LogP contribution is -2.45. The third-order valence-corrected chi connectivity index (χ3v) is 3.18. The van der Waals surface area contributed by atoms with Crippen molar-refractivity contribution in [2.75, 3.05) is 19.6 Å². The van der Waals surface area contributed by atoms with Crippen molar-refractivity contribution in [3.63, 3.8) is 0 Å². The van der Waals surface area contributed by atoms with Crippen LogP contribution < -0.4 is 5.32 Å². The van der Waals surface area contributed by atoms with E-state index in [-0.39, 0.29) is 11.6 Å². The molecule has 2 N–H and O–H groups in total. The van der Waals surface area contributed by atoms with E-state index >= 15 is 0 Å². The topological polar surface area (TPSA) is 35.5 Å². The predicted molar refractivity (Wildman–Crippen MR) is 73.3 cm³/mol. The summed E-state index contributed by atoms with van der Waals surface area (Å²) in [5.41, 5.74) is 0.0921. The van der Waals surface area contributed by atoms with Gasteiger partial charge in [-0.3, -0.25) is 4.90 Å². The second-order valence-corrected chi connectivity index (χ2v) is 6.36. The smallest absolute Gasteiger partial charge is 0.0791 e. The standard InChI is InChI=1S/C14H30N2O/c1-5-6-9-16(12-7-8-12)11-13(17)10-15-14(2,3)4/h12-13,15,17H,5-11H2,1-4H3. The molecule has 3 heteroatoms. The van der Waals surface area contributed by atoms with Crippen LogP contribution >= 0.6 is 0 Å². The van der Waals surface area contributed by atoms with E-state index in [2.05, 4.69) is 37.9 Å². The maximum atomic E-state index is 10.1. The van der Waals surface area contributed by atoms with Crippen molar-refractivity contribution >= 4 is 0 Å². The fourth-order valence-electron chi connectivity index (χ4n) is 1.98. The molecule has 0 radical (unpaired) electrons. The fraction of sp³-hybridized carbons (Fsp3) is 1.00. The van der Waals surface area contributed by atoms with Gasteiger partial charge in [0.15, 0.2) is 0 Å². The Bertz CT molecular complexity index is 209. The van der Waals surface area contributed by atoms with Gasteiger partial charge in [-0.1, -0.05) is 13.3 Å². The zero-order valence-corrected chi connectivity index (χ0v) is 12.0. The summed E-state index contributed by atoms with van der Waals surface area (Å²) >= 11 is 0. The van der Waals surface area contributed by atoms with Crippen LogP contribution in [0.25, 0.3) is 0 Å². The first-order valence-electron chi connectivity index (χ1n) is 7.09. The number of hydrogen-bond acceptors (Lipinski definition) is 3. The van der Waals surface area contributed by atoms with Crippen LogP contribution in [0.1, 0.15) is 53.4 Å². The van der Waals surface area contributed by atoms with Gasteiger partial charge in [-0.15, -0.1) is 0 Å². The molecule has 1 aliphatic rings. The number of hydrogen-bond donors (Lipinski definition) is 2. The predicted octanol–water partition coefficient (Wildman–Crippen LogP) is 2.00. The first-order valence-corrected chi connectivity index (χ1v) is 7.09. The number of unbranched alkanes of at least 4 members (excludes halogenated alkanes) is 1. The molecule has 1 rings (SSSR count). The summed E-state index contributed by atoms with van der Waals surface area (Å²) in [6.07, 6.45) is 4.88. The summed E-state index contributed by atoms with van der Waals surface area (Å²) in [5, 5.41) is 13.4. The molecule has 0 aromatic carbocycles. The van der Waals surface area contributed by atoms with Crippen molar-refractivity contribution in [2.24, 2.45) is 0 Å². The number of β-amino-alcohol motifs (C(OH)–C–C–N with tert-alkyl or cyclic N) is 1. The Morgan fingerprint density at radius 2 is 2.00 bits per heavy atom. The minimum atomic E-state index is -0.244. The lowest BCUT2D eigenvalue weighted by Gasteiger charge is -2.27. The molecular weight excluding hydrogens is 212 g/mol. The zero-order valence-electron chi connectivity index (χ0n) is 12.0. The van der Waals surface area contributed by atoms with Crippen molar-refractivity contribution in [3.8, 4) is 0 Å². The monoisotopic (exact) mass is 242 g/mol.